The van der Waals surface area contributed by atoms with E-state index in [4.69, 9.17) is 0 Å². The molecule has 6 heteroatoms. The summed E-state index contributed by atoms with van der Waals surface area (Å²) < 4.78 is 0. The first kappa shape index (κ1) is 15.5. The number of aromatic amines is 1. The normalized spacial score (nSPS) is 19.0. The lowest BCUT2D eigenvalue weighted by molar-refractivity contribution is -0.111. The molecule has 2 aliphatic rings. The molecule has 1 aliphatic carbocycles. The van der Waals surface area contributed by atoms with Crippen molar-refractivity contribution < 1.29 is 4.79 Å². The Morgan fingerprint density at radius 1 is 1.32 bits per heavy atom. The van der Waals surface area contributed by atoms with Gasteiger partial charge in [0.1, 0.15) is 6.17 Å². The fraction of sp³-hybridized carbons (Fsp3) is 0.263. The van der Waals surface area contributed by atoms with Crippen LogP contribution >= 0.6 is 0 Å². The predicted octanol–water partition coefficient (Wildman–Crippen LogP) is 3.65. The third-order valence-electron chi connectivity index (χ3n) is 4.72. The van der Waals surface area contributed by atoms with Crippen molar-refractivity contribution >= 4 is 35.0 Å². The lowest BCUT2D eigenvalue weighted by Gasteiger charge is -2.44. The second-order valence-corrected chi connectivity index (χ2v) is 6.35. The third-order valence-corrected chi connectivity index (χ3v) is 4.72. The maximum Gasteiger partial charge on any atom is 0.247 e. The summed E-state index contributed by atoms with van der Waals surface area (Å²) in [5.41, 5.74) is 2.81. The van der Waals surface area contributed by atoms with Crippen LogP contribution in [0.1, 0.15) is 19.3 Å². The fourth-order valence-electron chi connectivity index (χ4n) is 3.28. The maximum atomic E-state index is 11.5. The molecule has 0 saturated heterocycles. The minimum absolute atomic E-state index is 0.0149. The van der Waals surface area contributed by atoms with Crippen molar-refractivity contribution in [3.05, 3.63) is 49.2 Å². The van der Waals surface area contributed by atoms with Gasteiger partial charge in [0, 0.05) is 29.8 Å². The number of amides is 1. The molecule has 1 fully saturated rings. The van der Waals surface area contributed by atoms with Gasteiger partial charge in [0.25, 0.3) is 0 Å². The van der Waals surface area contributed by atoms with Crippen molar-refractivity contribution in [3.63, 3.8) is 0 Å². The molecule has 1 saturated carbocycles. The maximum absolute atomic E-state index is 11.5. The van der Waals surface area contributed by atoms with Gasteiger partial charge in [0.05, 0.1) is 5.69 Å². The quantitative estimate of drug-likeness (QED) is 0.730. The van der Waals surface area contributed by atoms with E-state index in [1.54, 1.807) is 0 Å². The van der Waals surface area contributed by atoms with Crippen LogP contribution in [0.15, 0.2) is 54.2 Å². The molecule has 0 spiro atoms. The van der Waals surface area contributed by atoms with Gasteiger partial charge in [-0.15, -0.1) is 0 Å². The van der Waals surface area contributed by atoms with E-state index in [2.05, 4.69) is 38.2 Å². The summed E-state index contributed by atoms with van der Waals surface area (Å²) in [5.74, 6) is 0.696. The Labute approximate surface area is 146 Å². The van der Waals surface area contributed by atoms with E-state index in [-0.39, 0.29) is 12.1 Å². The van der Waals surface area contributed by atoms with Crippen LogP contribution in [0.4, 0.5) is 22.9 Å². The van der Waals surface area contributed by atoms with Crippen LogP contribution in [0.5, 0.6) is 0 Å². The van der Waals surface area contributed by atoms with Crippen molar-refractivity contribution in [2.75, 3.05) is 15.5 Å². The van der Waals surface area contributed by atoms with Gasteiger partial charge in [-0.2, -0.15) is 0 Å². The Balaban J connectivity index is 1.56. The highest BCUT2D eigenvalue weighted by Gasteiger charge is 2.33. The van der Waals surface area contributed by atoms with Crippen molar-refractivity contribution in [1.82, 2.24) is 4.98 Å². The summed E-state index contributed by atoms with van der Waals surface area (Å²) in [6.07, 6.45) is 8.79. The molecule has 4 rings (SSSR count). The summed E-state index contributed by atoms with van der Waals surface area (Å²) in [4.78, 5) is 21.6. The molecule has 2 heterocycles. The van der Waals surface area contributed by atoms with E-state index in [9.17, 15) is 4.79 Å². The number of H-pyrrole nitrogens is 1. The highest BCUT2D eigenvalue weighted by molar-refractivity contribution is 5.99. The van der Waals surface area contributed by atoms with Gasteiger partial charge in [0.2, 0.25) is 5.91 Å². The van der Waals surface area contributed by atoms with E-state index < -0.39 is 0 Å². The number of aliphatic imine (C=N–C) groups is 1. The Morgan fingerprint density at radius 3 is 2.92 bits per heavy atom. The summed E-state index contributed by atoms with van der Waals surface area (Å²) in [7, 11) is 0. The zero-order valence-corrected chi connectivity index (χ0v) is 13.9. The van der Waals surface area contributed by atoms with Crippen molar-refractivity contribution in [2.45, 2.75) is 31.5 Å². The molecular weight excluding hydrogens is 314 g/mol. The fourth-order valence-corrected chi connectivity index (χ4v) is 3.28. The number of nitrogens with one attached hydrogen (secondary N) is 3. The van der Waals surface area contributed by atoms with Crippen LogP contribution in [0.2, 0.25) is 0 Å². The van der Waals surface area contributed by atoms with Gasteiger partial charge in [-0.25, -0.2) is 4.99 Å². The predicted molar refractivity (Wildman–Crippen MR) is 102 cm³/mol. The summed E-state index contributed by atoms with van der Waals surface area (Å²) in [6, 6.07) is 10.3. The van der Waals surface area contributed by atoms with Crippen LogP contribution in [-0.2, 0) is 4.79 Å². The number of anilines is 3. The molecule has 1 unspecified atom stereocenters. The van der Waals surface area contributed by atoms with Crippen LogP contribution in [0.25, 0.3) is 0 Å². The molecule has 0 radical (unpaired) electrons. The molecule has 1 amide bonds. The lowest BCUT2D eigenvalue weighted by Crippen LogP contribution is -2.52. The number of aromatic nitrogens is 1. The number of nitrogens with zero attached hydrogens (tertiary/aromatic N) is 2. The molecule has 25 heavy (non-hydrogen) atoms. The van der Waals surface area contributed by atoms with Crippen LogP contribution in [0, 0.1) is 0 Å². The van der Waals surface area contributed by atoms with Crippen LogP contribution in [-0.4, -0.2) is 29.3 Å². The SMILES string of the molecule is C=CC(=O)Nc1cccc(NC2C=Nc3[nH]ccc3N2C2CCC2)c1. The Hall–Kier alpha value is -3.02. The Kier molecular flexibility index (Phi) is 4.01. The average Bonchev–Trinajstić information content (AvgIpc) is 3.04. The van der Waals surface area contributed by atoms with E-state index in [0.717, 1.165) is 22.9 Å². The Bertz CT molecular complexity index is 821. The highest BCUT2D eigenvalue weighted by atomic mass is 16.1. The van der Waals surface area contributed by atoms with Crippen molar-refractivity contribution in [2.24, 2.45) is 4.99 Å². The molecule has 3 N–H and O–H groups in total. The van der Waals surface area contributed by atoms with Gasteiger partial charge in [-0.3, -0.25) is 4.79 Å². The minimum atomic E-state index is -0.218. The molecule has 2 aromatic rings. The zero-order valence-electron chi connectivity index (χ0n) is 13.9. The zero-order chi connectivity index (χ0) is 17.2. The number of rotatable bonds is 5. The highest BCUT2D eigenvalue weighted by Crippen LogP contribution is 2.38. The van der Waals surface area contributed by atoms with E-state index in [1.165, 1.54) is 25.3 Å². The van der Waals surface area contributed by atoms with Gasteiger partial charge in [-0.05, 0) is 49.6 Å². The molecule has 1 aromatic carbocycles. The molecule has 6 nitrogen and oxygen atoms in total. The van der Waals surface area contributed by atoms with Crippen molar-refractivity contribution in [3.8, 4) is 0 Å². The number of carbonyl (C=O) groups is 1. The number of hydrogen-bond acceptors (Lipinski definition) is 4. The molecule has 0 bridgehead atoms. The second kappa shape index (κ2) is 6.47. The van der Waals surface area contributed by atoms with E-state index in [1.807, 2.05) is 36.7 Å². The summed E-state index contributed by atoms with van der Waals surface area (Å²) in [6.45, 7) is 3.48. The van der Waals surface area contributed by atoms with Crippen molar-refractivity contribution in [1.29, 1.82) is 0 Å². The first-order chi connectivity index (χ1) is 12.2. The van der Waals surface area contributed by atoms with Gasteiger partial charge < -0.3 is 20.5 Å². The Morgan fingerprint density at radius 2 is 2.16 bits per heavy atom. The van der Waals surface area contributed by atoms with Crippen LogP contribution in [0.3, 0.4) is 0 Å². The molecule has 128 valence electrons. The van der Waals surface area contributed by atoms with Gasteiger partial charge >= 0.3 is 0 Å². The summed E-state index contributed by atoms with van der Waals surface area (Å²) >= 11 is 0. The third kappa shape index (κ3) is 3.03. The number of fused-ring (bicyclic) bond motifs is 1. The first-order valence-corrected chi connectivity index (χ1v) is 8.54. The van der Waals surface area contributed by atoms with Gasteiger partial charge in [-0.1, -0.05) is 12.6 Å². The molecule has 1 aliphatic heterocycles. The van der Waals surface area contributed by atoms with E-state index in [0.29, 0.717) is 6.04 Å². The first-order valence-electron chi connectivity index (χ1n) is 8.54. The van der Waals surface area contributed by atoms with Gasteiger partial charge in [0.15, 0.2) is 5.82 Å². The number of carbonyl (C=O) groups excluding carboxylic acids is 1. The molecule has 1 atom stereocenters. The van der Waals surface area contributed by atoms with Crippen LogP contribution < -0.4 is 15.5 Å². The topological polar surface area (TPSA) is 72.5 Å². The smallest absolute Gasteiger partial charge is 0.247 e. The number of hydrogen-bond donors (Lipinski definition) is 3. The lowest BCUT2D eigenvalue weighted by atomic mass is 9.90. The second-order valence-electron chi connectivity index (χ2n) is 6.35. The monoisotopic (exact) mass is 335 g/mol. The minimum Gasteiger partial charge on any atom is -0.361 e. The largest absolute Gasteiger partial charge is 0.361 e. The standard InChI is InChI=1S/C19H21N5O/c1-2-18(25)23-14-6-3-5-13(11-14)22-17-12-21-19-16(9-10-20-19)24(17)15-7-4-8-15/h2-3,5-6,9-12,15,17,20,22H,1,4,7-8H2,(H,23,25). The average molecular weight is 335 g/mol. The van der Waals surface area contributed by atoms with E-state index >= 15 is 0 Å². The molecule has 1 aromatic heterocycles. The molecular formula is C19H21N5O. The number of benzene rings is 1. The summed E-state index contributed by atoms with van der Waals surface area (Å²) in [5, 5.41) is 6.32.